The van der Waals surface area contributed by atoms with Gasteiger partial charge in [-0.05, 0) is 37.0 Å². The molecule has 38 heavy (non-hydrogen) atoms. The van der Waals surface area contributed by atoms with Crippen molar-refractivity contribution >= 4 is 12.0 Å². The molecule has 6 rings (SSSR count). The van der Waals surface area contributed by atoms with Gasteiger partial charge in [0.15, 0.2) is 5.69 Å². The van der Waals surface area contributed by atoms with E-state index < -0.39 is 6.09 Å². The summed E-state index contributed by atoms with van der Waals surface area (Å²) in [7, 11) is 0. The number of imidazole rings is 1. The van der Waals surface area contributed by atoms with Crippen LogP contribution in [0.3, 0.4) is 0 Å². The van der Waals surface area contributed by atoms with Crippen molar-refractivity contribution in [2.75, 3.05) is 26.2 Å². The molecule has 3 heterocycles. The normalized spacial score (nSPS) is 25.0. The number of carbonyl (C=O) groups is 2. The fourth-order valence-electron chi connectivity index (χ4n) is 6.18. The molecule has 1 N–H and O–H groups in total. The molecule has 8 nitrogen and oxygen atoms in total. The summed E-state index contributed by atoms with van der Waals surface area (Å²) in [5, 5.41) is 9.64. The van der Waals surface area contributed by atoms with Gasteiger partial charge in [-0.3, -0.25) is 4.79 Å². The molecular weight excluding hydrogens is 487 g/mol. The van der Waals surface area contributed by atoms with E-state index in [0.29, 0.717) is 24.3 Å². The fourth-order valence-corrected chi connectivity index (χ4v) is 6.18. The Labute approximate surface area is 220 Å². The second-order valence-electron chi connectivity index (χ2n) is 10.5. The number of carbonyl (C=O) groups excluding carboxylic acids is 1. The van der Waals surface area contributed by atoms with Gasteiger partial charge in [0.1, 0.15) is 11.4 Å². The van der Waals surface area contributed by atoms with Gasteiger partial charge in [0.25, 0.3) is 5.91 Å². The van der Waals surface area contributed by atoms with Crippen LogP contribution < -0.4 is 0 Å². The third-order valence-electron chi connectivity index (χ3n) is 8.21. The standard InChI is InChI=1S/C29H31FN4O4/c30-22-10-6-9-21(16-22)26-25(31-19-34(26)24-11-4-5-12-29(24)18-38-29)27(35)33-14-13-32(28(36)37)17-23(33)15-20-7-2-1-3-8-20/h1-3,6-10,16,19,23-24H,4-5,11-15,17-18H2,(H,36,37)/t23-,24?,29?/m1/s1. The zero-order chi connectivity index (χ0) is 26.3. The first-order valence-corrected chi connectivity index (χ1v) is 13.2. The summed E-state index contributed by atoms with van der Waals surface area (Å²) in [6, 6.07) is 15.7. The highest BCUT2D eigenvalue weighted by Gasteiger charge is 2.54. The van der Waals surface area contributed by atoms with E-state index in [1.165, 1.54) is 17.0 Å². The Hall–Kier alpha value is -3.72. The predicted octanol–water partition coefficient (Wildman–Crippen LogP) is 4.62. The molecule has 3 aromatic rings. The molecule has 2 amide bonds. The number of nitrogens with zero attached hydrogens (tertiary/aromatic N) is 4. The monoisotopic (exact) mass is 518 g/mol. The van der Waals surface area contributed by atoms with Crippen molar-refractivity contribution in [2.24, 2.45) is 0 Å². The average molecular weight is 519 g/mol. The van der Waals surface area contributed by atoms with Gasteiger partial charge >= 0.3 is 6.09 Å². The fraction of sp³-hybridized carbons (Fsp3) is 0.414. The third kappa shape index (κ3) is 4.55. The number of epoxide rings is 1. The molecule has 2 unspecified atom stereocenters. The summed E-state index contributed by atoms with van der Waals surface area (Å²) < 4.78 is 22.4. The second kappa shape index (κ2) is 9.87. The van der Waals surface area contributed by atoms with Crippen molar-refractivity contribution < 1.29 is 23.8 Å². The summed E-state index contributed by atoms with van der Waals surface area (Å²) >= 11 is 0. The molecule has 198 valence electrons. The van der Waals surface area contributed by atoms with Crippen LogP contribution in [0.15, 0.2) is 60.9 Å². The minimum Gasteiger partial charge on any atom is -0.465 e. The van der Waals surface area contributed by atoms with Gasteiger partial charge in [-0.15, -0.1) is 0 Å². The van der Waals surface area contributed by atoms with Crippen LogP contribution in [0, 0.1) is 5.82 Å². The molecule has 9 heteroatoms. The summed E-state index contributed by atoms with van der Waals surface area (Å²) in [6.07, 6.45) is 5.24. The Morgan fingerprint density at radius 3 is 2.66 bits per heavy atom. The van der Waals surface area contributed by atoms with Crippen LogP contribution in [-0.2, 0) is 11.2 Å². The first kappa shape index (κ1) is 24.6. The number of ether oxygens (including phenoxy) is 1. The molecule has 1 saturated carbocycles. The van der Waals surface area contributed by atoms with Gasteiger partial charge in [-0.25, -0.2) is 14.2 Å². The van der Waals surface area contributed by atoms with E-state index in [-0.39, 0.29) is 54.7 Å². The third-order valence-corrected chi connectivity index (χ3v) is 8.21. The molecule has 0 bridgehead atoms. The van der Waals surface area contributed by atoms with Crippen LogP contribution in [0.2, 0.25) is 0 Å². The van der Waals surface area contributed by atoms with Crippen molar-refractivity contribution in [3.8, 4) is 11.3 Å². The van der Waals surface area contributed by atoms with E-state index in [2.05, 4.69) is 4.98 Å². The maximum Gasteiger partial charge on any atom is 0.407 e. The van der Waals surface area contributed by atoms with Crippen LogP contribution >= 0.6 is 0 Å². The molecule has 0 radical (unpaired) electrons. The van der Waals surface area contributed by atoms with Crippen LogP contribution in [0.1, 0.15) is 47.8 Å². The van der Waals surface area contributed by atoms with E-state index in [0.717, 1.165) is 31.2 Å². The molecule has 1 aliphatic carbocycles. The number of piperazine rings is 1. The Bertz CT molecular complexity index is 1340. The number of hydrogen-bond donors (Lipinski definition) is 1. The maximum atomic E-state index is 14.4. The summed E-state index contributed by atoms with van der Waals surface area (Å²) in [6.45, 7) is 1.38. The van der Waals surface area contributed by atoms with Crippen LogP contribution in [0.25, 0.3) is 11.3 Å². The van der Waals surface area contributed by atoms with E-state index in [4.69, 9.17) is 4.74 Å². The number of hydrogen-bond acceptors (Lipinski definition) is 4. The van der Waals surface area contributed by atoms with E-state index in [9.17, 15) is 19.1 Å². The summed E-state index contributed by atoms with van der Waals surface area (Å²) in [4.78, 5) is 33.7. The van der Waals surface area contributed by atoms with Crippen LogP contribution in [-0.4, -0.2) is 74.3 Å². The van der Waals surface area contributed by atoms with Crippen LogP contribution in [0.4, 0.5) is 9.18 Å². The van der Waals surface area contributed by atoms with Gasteiger partial charge in [0.2, 0.25) is 0 Å². The lowest BCUT2D eigenvalue weighted by Gasteiger charge is -2.40. The molecule has 3 atom stereocenters. The maximum absolute atomic E-state index is 14.4. The Morgan fingerprint density at radius 2 is 1.92 bits per heavy atom. The lowest BCUT2D eigenvalue weighted by atomic mass is 9.84. The van der Waals surface area contributed by atoms with Gasteiger partial charge < -0.3 is 24.2 Å². The highest BCUT2D eigenvalue weighted by Crippen LogP contribution is 2.50. The lowest BCUT2D eigenvalue weighted by molar-refractivity contribution is 0.0447. The molecule has 3 aliphatic rings. The second-order valence-corrected chi connectivity index (χ2v) is 10.5. The van der Waals surface area contributed by atoms with Crippen molar-refractivity contribution in [2.45, 2.75) is 49.8 Å². The minimum atomic E-state index is -0.994. The number of halogens is 1. The molecule has 2 saturated heterocycles. The number of benzene rings is 2. The number of aromatic nitrogens is 2. The highest BCUT2D eigenvalue weighted by molar-refractivity contribution is 5.98. The van der Waals surface area contributed by atoms with E-state index in [1.807, 2.05) is 34.9 Å². The van der Waals surface area contributed by atoms with Crippen molar-refractivity contribution in [1.29, 1.82) is 0 Å². The van der Waals surface area contributed by atoms with E-state index >= 15 is 0 Å². The first-order chi connectivity index (χ1) is 18.4. The molecular formula is C29H31FN4O4. The summed E-state index contributed by atoms with van der Waals surface area (Å²) in [5.41, 5.74) is 2.23. The van der Waals surface area contributed by atoms with Gasteiger partial charge in [-0.1, -0.05) is 55.3 Å². The van der Waals surface area contributed by atoms with Gasteiger partial charge in [-0.2, -0.15) is 0 Å². The number of amides is 2. The summed E-state index contributed by atoms with van der Waals surface area (Å²) in [5.74, 6) is -0.651. The largest absolute Gasteiger partial charge is 0.465 e. The quantitative estimate of drug-likeness (QED) is 0.498. The lowest BCUT2D eigenvalue weighted by Crippen LogP contribution is -2.57. The minimum absolute atomic E-state index is 0.0209. The number of carboxylic acid groups (broad SMARTS) is 1. The number of rotatable bonds is 5. The zero-order valence-electron chi connectivity index (χ0n) is 21.1. The van der Waals surface area contributed by atoms with Crippen molar-refractivity contribution in [3.63, 3.8) is 0 Å². The molecule has 2 aliphatic heterocycles. The van der Waals surface area contributed by atoms with Gasteiger partial charge in [0, 0.05) is 25.2 Å². The van der Waals surface area contributed by atoms with Crippen LogP contribution in [0.5, 0.6) is 0 Å². The molecule has 1 spiro atoms. The Balaban J connectivity index is 1.39. The average Bonchev–Trinajstić information content (AvgIpc) is 3.54. The van der Waals surface area contributed by atoms with Crippen molar-refractivity contribution in [1.82, 2.24) is 19.4 Å². The zero-order valence-corrected chi connectivity index (χ0v) is 21.1. The smallest absolute Gasteiger partial charge is 0.407 e. The Kier molecular flexibility index (Phi) is 6.39. The molecule has 1 aromatic heterocycles. The van der Waals surface area contributed by atoms with E-state index in [1.54, 1.807) is 23.4 Å². The highest BCUT2D eigenvalue weighted by atomic mass is 19.1. The SMILES string of the molecule is O=C(O)N1CCN(C(=O)c2ncn(C3CCCCC34CO4)c2-c2cccc(F)c2)[C@H](Cc2ccccc2)C1. The van der Waals surface area contributed by atoms with Crippen molar-refractivity contribution in [3.05, 3.63) is 78.0 Å². The molecule has 3 fully saturated rings. The van der Waals surface area contributed by atoms with Gasteiger partial charge in [0.05, 0.1) is 30.7 Å². The predicted molar refractivity (Wildman–Crippen MR) is 138 cm³/mol. The first-order valence-electron chi connectivity index (χ1n) is 13.2. The topological polar surface area (TPSA) is 91.2 Å². The molecule has 2 aromatic carbocycles. The Morgan fingerprint density at radius 1 is 1.11 bits per heavy atom.